The van der Waals surface area contributed by atoms with Crippen molar-refractivity contribution >= 4 is 55.5 Å². The van der Waals surface area contributed by atoms with E-state index in [1.54, 1.807) is 49.6 Å². The van der Waals surface area contributed by atoms with Crippen LogP contribution in [-0.2, 0) is 9.53 Å². The van der Waals surface area contributed by atoms with Crippen LogP contribution in [0.5, 0.6) is 17.2 Å². The molecule has 3 atom stereocenters. The average Bonchev–Trinajstić information content (AvgIpc) is 3.15. The van der Waals surface area contributed by atoms with E-state index in [-0.39, 0.29) is 36.9 Å². The minimum Gasteiger partial charge on any atom is -0.493 e. The van der Waals surface area contributed by atoms with E-state index in [4.69, 9.17) is 18.9 Å². The summed E-state index contributed by atoms with van der Waals surface area (Å²) in [5.74, 6) is 0.985. The number of ketones is 2. The van der Waals surface area contributed by atoms with Gasteiger partial charge in [0.2, 0.25) is 0 Å². The highest BCUT2D eigenvalue weighted by atomic mass is 79.9. The Balaban J connectivity index is 1.07. The third-order valence-electron chi connectivity index (χ3n) is 9.30. The fraction of sp³-hybridized carbons (Fsp3) is 0.293. The Labute approximate surface area is 315 Å². The molecule has 2 heterocycles. The molecule has 0 amide bonds. The van der Waals surface area contributed by atoms with Crippen LogP contribution >= 0.6 is 31.9 Å². The molecule has 0 spiro atoms. The fourth-order valence-electron chi connectivity index (χ4n) is 6.68. The van der Waals surface area contributed by atoms with Crippen molar-refractivity contribution in [2.75, 3.05) is 26.9 Å². The molecule has 2 fully saturated rings. The van der Waals surface area contributed by atoms with Gasteiger partial charge in [0.05, 0.1) is 7.11 Å². The monoisotopic (exact) mass is 815 g/mol. The number of carbonyl (C=O) groups is 3. The minimum atomic E-state index is -0.395. The summed E-state index contributed by atoms with van der Waals surface area (Å²) in [6.07, 6.45) is 7.65. The first-order valence-corrected chi connectivity index (χ1v) is 18.6. The van der Waals surface area contributed by atoms with Crippen LogP contribution in [0.4, 0.5) is 0 Å². The Hall–Kier alpha value is -4.25. The van der Waals surface area contributed by atoms with Gasteiger partial charge in [-0.1, -0.05) is 80.7 Å². The second-order valence-corrected chi connectivity index (χ2v) is 14.5. The molecule has 4 aromatic rings. The van der Waals surface area contributed by atoms with Gasteiger partial charge in [-0.05, 0) is 85.1 Å². The molecule has 0 aromatic heterocycles. The number of rotatable bonds is 13. The molecule has 0 radical (unpaired) electrons. The van der Waals surface area contributed by atoms with E-state index in [1.165, 1.54) is 6.08 Å². The Bertz CT molecular complexity index is 1860. The van der Waals surface area contributed by atoms with Gasteiger partial charge in [-0.15, -0.1) is 0 Å². The van der Waals surface area contributed by atoms with Crippen LogP contribution < -0.4 is 14.2 Å². The summed E-state index contributed by atoms with van der Waals surface area (Å²) in [4.78, 5) is 40.9. The zero-order valence-corrected chi connectivity index (χ0v) is 31.4. The lowest BCUT2D eigenvalue weighted by Gasteiger charge is -2.47. The molecule has 8 nitrogen and oxygen atoms in total. The molecule has 6 rings (SSSR count). The fourth-order valence-corrected chi connectivity index (χ4v) is 7.21. The summed E-state index contributed by atoms with van der Waals surface area (Å²) in [5, 5.41) is 0. The number of hydrogen-bond donors (Lipinski definition) is 0. The van der Waals surface area contributed by atoms with E-state index < -0.39 is 5.97 Å². The predicted octanol–water partition coefficient (Wildman–Crippen LogP) is 9.06. The predicted molar refractivity (Wildman–Crippen MR) is 203 cm³/mol. The summed E-state index contributed by atoms with van der Waals surface area (Å²) in [5.41, 5.74) is 3.00. The molecule has 3 unspecified atom stereocenters. The lowest BCUT2D eigenvalue weighted by molar-refractivity contribution is -0.148. The van der Waals surface area contributed by atoms with E-state index in [1.807, 2.05) is 54.6 Å². The Morgan fingerprint density at radius 3 is 2.06 bits per heavy atom. The van der Waals surface area contributed by atoms with Gasteiger partial charge in [0, 0.05) is 51.1 Å². The number of nitrogens with zero attached hydrogens (tertiary/aromatic N) is 1. The van der Waals surface area contributed by atoms with Crippen molar-refractivity contribution in [3.05, 3.63) is 128 Å². The van der Waals surface area contributed by atoms with Gasteiger partial charge in [-0.25, -0.2) is 4.79 Å². The van der Waals surface area contributed by atoms with Gasteiger partial charge in [-0.3, -0.25) is 14.5 Å². The summed E-state index contributed by atoms with van der Waals surface area (Å²) in [6.45, 7) is 0.784. The van der Waals surface area contributed by atoms with Crippen molar-refractivity contribution in [2.45, 2.75) is 50.3 Å². The standard InChI is InChI=1S/C41H39Br2NO7/c1-48-39-19-12-30(22-40(39)50-26-38(46)29-10-15-32(43)16-11-29)36-24-35(23-33-4-2-3-21-44(33)36)51-41(47)20-7-27-5-17-34(18-6-27)49-25-37(45)28-8-13-31(42)14-9-28/h5-20,22,33,35-36H,2-4,21,23-26H2,1H3/b20-7+. The van der Waals surface area contributed by atoms with Crippen LogP contribution in [0.25, 0.3) is 6.08 Å². The van der Waals surface area contributed by atoms with Crippen LogP contribution in [0.3, 0.4) is 0 Å². The van der Waals surface area contributed by atoms with Crippen LogP contribution in [0, 0.1) is 0 Å². The van der Waals surface area contributed by atoms with Crippen molar-refractivity contribution < 1.29 is 33.3 Å². The van der Waals surface area contributed by atoms with E-state index in [0.717, 1.165) is 52.3 Å². The van der Waals surface area contributed by atoms with Crippen LogP contribution in [0.1, 0.15) is 70.0 Å². The van der Waals surface area contributed by atoms with Crippen molar-refractivity contribution in [1.29, 1.82) is 0 Å². The minimum absolute atomic E-state index is 0.0180. The lowest BCUT2D eigenvalue weighted by Crippen LogP contribution is -2.49. The highest BCUT2D eigenvalue weighted by Crippen LogP contribution is 2.42. The number of methoxy groups -OCH3 is 1. The van der Waals surface area contributed by atoms with E-state index in [9.17, 15) is 14.4 Å². The SMILES string of the molecule is COc1ccc(C2CC(OC(=O)/C=C/c3ccc(OCC(=O)c4ccc(Br)cc4)cc3)CC3CCCCN32)cc1OCC(=O)c1ccc(Br)cc1. The number of carbonyl (C=O) groups excluding carboxylic acids is 3. The Morgan fingerprint density at radius 1 is 0.765 bits per heavy atom. The number of fused-ring (bicyclic) bond motifs is 1. The number of halogens is 2. The van der Waals surface area contributed by atoms with E-state index in [2.05, 4.69) is 36.8 Å². The molecule has 10 heteroatoms. The number of piperidine rings is 2. The smallest absolute Gasteiger partial charge is 0.331 e. The third kappa shape index (κ3) is 9.75. The molecule has 0 aliphatic carbocycles. The van der Waals surface area contributed by atoms with Crippen LogP contribution in [-0.4, -0.2) is 61.4 Å². The summed E-state index contributed by atoms with van der Waals surface area (Å²) >= 11 is 6.78. The van der Waals surface area contributed by atoms with Gasteiger partial charge < -0.3 is 18.9 Å². The summed E-state index contributed by atoms with van der Waals surface area (Å²) < 4.78 is 25.1. The number of Topliss-reactive ketones (excluding diaryl/α,β-unsaturated/α-hetero) is 2. The van der Waals surface area contributed by atoms with Gasteiger partial charge in [0.25, 0.3) is 0 Å². The second-order valence-electron chi connectivity index (χ2n) is 12.7. The lowest BCUT2D eigenvalue weighted by atomic mass is 9.84. The first-order valence-electron chi connectivity index (χ1n) is 17.0. The number of esters is 1. The van der Waals surface area contributed by atoms with Gasteiger partial charge >= 0.3 is 5.97 Å². The zero-order valence-electron chi connectivity index (χ0n) is 28.3. The first-order chi connectivity index (χ1) is 24.7. The quantitative estimate of drug-likeness (QED) is 0.0751. The van der Waals surface area contributed by atoms with Crippen molar-refractivity contribution in [2.24, 2.45) is 0 Å². The molecule has 2 aliphatic rings. The Morgan fingerprint density at radius 2 is 1.41 bits per heavy atom. The van der Waals surface area contributed by atoms with Gasteiger partial charge in [-0.2, -0.15) is 0 Å². The number of benzene rings is 4. The first kappa shape index (κ1) is 36.5. The molecule has 51 heavy (non-hydrogen) atoms. The normalized spacial score (nSPS) is 18.8. The molecular weight excluding hydrogens is 778 g/mol. The molecule has 2 saturated heterocycles. The van der Waals surface area contributed by atoms with Crippen molar-refractivity contribution in [3.63, 3.8) is 0 Å². The highest BCUT2D eigenvalue weighted by Gasteiger charge is 2.39. The molecule has 0 saturated carbocycles. The van der Waals surface area contributed by atoms with Crippen molar-refractivity contribution in [3.8, 4) is 17.2 Å². The summed E-state index contributed by atoms with van der Waals surface area (Å²) in [7, 11) is 1.58. The average molecular weight is 818 g/mol. The molecule has 0 N–H and O–H groups in total. The molecule has 4 aromatic carbocycles. The van der Waals surface area contributed by atoms with E-state index >= 15 is 0 Å². The highest BCUT2D eigenvalue weighted by molar-refractivity contribution is 9.10. The van der Waals surface area contributed by atoms with Crippen LogP contribution in [0.2, 0.25) is 0 Å². The Kier molecular flexibility index (Phi) is 12.4. The number of hydrogen-bond acceptors (Lipinski definition) is 8. The molecule has 264 valence electrons. The van der Waals surface area contributed by atoms with Crippen molar-refractivity contribution in [1.82, 2.24) is 4.90 Å². The van der Waals surface area contributed by atoms with Gasteiger partial charge in [0.15, 0.2) is 36.3 Å². The largest absolute Gasteiger partial charge is 0.493 e. The van der Waals surface area contributed by atoms with E-state index in [0.29, 0.717) is 40.8 Å². The zero-order chi connectivity index (χ0) is 35.7. The molecule has 2 aliphatic heterocycles. The second kappa shape index (κ2) is 17.3. The van der Waals surface area contributed by atoms with Crippen LogP contribution in [0.15, 0.2) is 106 Å². The maximum atomic E-state index is 13.1. The maximum Gasteiger partial charge on any atom is 0.331 e. The number of ether oxygens (including phenoxy) is 4. The summed E-state index contributed by atoms with van der Waals surface area (Å²) in [6, 6.07) is 27.7. The molecular formula is C41H39Br2NO7. The molecule has 0 bridgehead atoms. The third-order valence-corrected chi connectivity index (χ3v) is 10.4. The van der Waals surface area contributed by atoms with Gasteiger partial charge in [0.1, 0.15) is 11.9 Å². The topological polar surface area (TPSA) is 91.4 Å². The maximum absolute atomic E-state index is 13.1.